The number of hydrazone groups is 1. The lowest BCUT2D eigenvalue weighted by molar-refractivity contribution is -0.139. The predicted octanol–water partition coefficient (Wildman–Crippen LogP) is 3.07. The Bertz CT molecular complexity index is 377. The highest BCUT2D eigenvalue weighted by atomic mass is 16.2. The maximum absolute atomic E-state index is 11.6. The molecule has 1 saturated carbocycles. The van der Waals surface area contributed by atoms with E-state index in [0.717, 1.165) is 31.4 Å². The van der Waals surface area contributed by atoms with E-state index in [4.69, 9.17) is 0 Å². The van der Waals surface area contributed by atoms with Gasteiger partial charge in [0.05, 0.1) is 0 Å². The number of carbonyl (C=O) groups is 2. The fourth-order valence-electron chi connectivity index (χ4n) is 2.56. The van der Waals surface area contributed by atoms with Crippen LogP contribution in [0.3, 0.4) is 0 Å². The van der Waals surface area contributed by atoms with E-state index >= 15 is 0 Å². The molecule has 0 spiro atoms. The van der Waals surface area contributed by atoms with E-state index in [9.17, 15) is 9.59 Å². The van der Waals surface area contributed by atoms with Crippen LogP contribution >= 0.6 is 0 Å². The van der Waals surface area contributed by atoms with E-state index in [0.29, 0.717) is 0 Å². The van der Waals surface area contributed by atoms with E-state index in [1.165, 1.54) is 51.0 Å². The summed E-state index contributed by atoms with van der Waals surface area (Å²) in [5.74, 6) is -1.38. The summed E-state index contributed by atoms with van der Waals surface area (Å²) in [6.45, 7) is 3.77. The third-order valence-electron chi connectivity index (χ3n) is 3.86. The monoisotopic (exact) mass is 307 g/mol. The SMILES string of the molecule is C=CCNC(=O)C(=O)NN=C1CCCCCCCCCCC1. The van der Waals surface area contributed by atoms with Crippen LogP contribution in [0.25, 0.3) is 0 Å². The van der Waals surface area contributed by atoms with Crippen molar-refractivity contribution in [2.75, 3.05) is 6.54 Å². The van der Waals surface area contributed by atoms with Gasteiger partial charge in [-0.25, -0.2) is 5.43 Å². The van der Waals surface area contributed by atoms with Crippen LogP contribution in [0.4, 0.5) is 0 Å². The summed E-state index contributed by atoms with van der Waals surface area (Å²) in [6.07, 6.45) is 14.6. The van der Waals surface area contributed by atoms with Crippen molar-refractivity contribution in [2.24, 2.45) is 5.10 Å². The molecule has 0 radical (unpaired) electrons. The minimum Gasteiger partial charge on any atom is -0.344 e. The van der Waals surface area contributed by atoms with Gasteiger partial charge in [-0.15, -0.1) is 6.58 Å². The smallest absolute Gasteiger partial charge is 0.329 e. The van der Waals surface area contributed by atoms with Gasteiger partial charge in [0, 0.05) is 12.3 Å². The first-order valence-corrected chi connectivity index (χ1v) is 8.48. The maximum atomic E-state index is 11.6. The van der Waals surface area contributed by atoms with Gasteiger partial charge >= 0.3 is 11.8 Å². The Hall–Kier alpha value is -1.65. The minimum atomic E-state index is -0.708. The van der Waals surface area contributed by atoms with Crippen LogP contribution in [0.15, 0.2) is 17.8 Å². The van der Waals surface area contributed by atoms with Crippen LogP contribution in [0.2, 0.25) is 0 Å². The number of amides is 2. The van der Waals surface area contributed by atoms with Crippen LogP contribution in [-0.2, 0) is 9.59 Å². The van der Waals surface area contributed by atoms with E-state index in [1.807, 2.05) is 0 Å². The number of carbonyl (C=O) groups excluding carboxylic acids is 2. The molecule has 0 heterocycles. The standard InChI is InChI=1S/C17H29N3O2/c1-2-14-18-16(21)17(22)20-19-15-12-10-8-6-4-3-5-7-9-11-13-15/h2H,1,3-14H2,(H,18,21)(H,20,22). The number of nitrogens with zero attached hydrogens (tertiary/aromatic N) is 1. The normalized spacial score (nSPS) is 17.5. The molecular weight excluding hydrogens is 278 g/mol. The first kappa shape index (κ1) is 18.4. The lowest BCUT2D eigenvalue weighted by atomic mass is 10.00. The predicted molar refractivity (Wildman–Crippen MR) is 89.6 cm³/mol. The molecule has 0 bridgehead atoms. The number of hydrogen-bond donors (Lipinski definition) is 2. The maximum Gasteiger partial charge on any atom is 0.329 e. The van der Waals surface area contributed by atoms with Gasteiger partial charge in [-0.3, -0.25) is 9.59 Å². The highest BCUT2D eigenvalue weighted by Crippen LogP contribution is 2.15. The molecule has 0 aromatic carbocycles. The molecule has 2 N–H and O–H groups in total. The Labute approximate surface area is 133 Å². The van der Waals surface area contributed by atoms with Crippen LogP contribution in [0.1, 0.15) is 70.6 Å². The molecule has 124 valence electrons. The second-order valence-corrected chi connectivity index (χ2v) is 5.80. The summed E-state index contributed by atoms with van der Waals surface area (Å²) in [4.78, 5) is 23.0. The summed E-state index contributed by atoms with van der Waals surface area (Å²) in [7, 11) is 0. The molecule has 1 aliphatic carbocycles. The molecule has 1 aliphatic rings. The summed E-state index contributed by atoms with van der Waals surface area (Å²) in [6, 6.07) is 0. The van der Waals surface area contributed by atoms with E-state index in [1.54, 1.807) is 0 Å². The Kier molecular flexibility index (Phi) is 9.99. The molecule has 0 aromatic heterocycles. The number of nitrogens with one attached hydrogen (secondary N) is 2. The Balaban J connectivity index is 2.43. The first-order chi connectivity index (χ1) is 10.7. The molecule has 0 aliphatic heterocycles. The van der Waals surface area contributed by atoms with E-state index in [-0.39, 0.29) is 6.54 Å². The van der Waals surface area contributed by atoms with Crippen molar-refractivity contribution in [3.63, 3.8) is 0 Å². The van der Waals surface area contributed by atoms with Crippen molar-refractivity contribution in [3.8, 4) is 0 Å². The van der Waals surface area contributed by atoms with Gasteiger partial charge in [-0.1, -0.05) is 51.0 Å². The van der Waals surface area contributed by atoms with Crippen molar-refractivity contribution in [1.29, 1.82) is 0 Å². The summed E-state index contributed by atoms with van der Waals surface area (Å²) in [5.41, 5.74) is 3.38. The molecule has 0 unspecified atom stereocenters. The molecule has 1 rings (SSSR count). The zero-order chi connectivity index (χ0) is 16.0. The van der Waals surface area contributed by atoms with Crippen molar-refractivity contribution in [1.82, 2.24) is 10.7 Å². The summed E-state index contributed by atoms with van der Waals surface area (Å²) in [5, 5.41) is 6.61. The molecule has 0 saturated heterocycles. The van der Waals surface area contributed by atoms with Gasteiger partial charge in [0.1, 0.15) is 0 Å². The second-order valence-electron chi connectivity index (χ2n) is 5.80. The van der Waals surface area contributed by atoms with E-state index < -0.39 is 11.8 Å². The zero-order valence-electron chi connectivity index (χ0n) is 13.5. The first-order valence-electron chi connectivity index (χ1n) is 8.48. The zero-order valence-corrected chi connectivity index (χ0v) is 13.5. The van der Waals surface area contributed by atoms with Crippen LogP contribution in [0, 0.1) is 0 Å². The number of hydrogen-bond acceptors (Lipinski definition) is 3. The lowest BCUT2D eigenvalue weighted by Crippen LogP contribution is -2.38. The Morgan fingerprint density at radius 1 is 0.909 bits per heavy atom. The molecule has 22 heavy (non-hydrogen) atoms. The largest absolute Gasteiger partial charge is 0.344 e. The van der Waals surface area contributed by atoms with Crippen LogP contribution in [-0.4, -0.2) is 24.1 Å². The third-order valence-corrected chi connectivity index (χ3v) is 3.86. The van der Waals surface area contributed by atoms with Crippen molar-refractivity contribution < 1.29 is 9.59 Å². The van der Waals surface area contributed by atoms with Gasteiger partial charge in [0.25, 0.3) is 0 Å². The van der Waals surface area contributed by atoms with E-state index in [2.05, 4.69) is 22.4 Å². The highest BCUT2D eigenvalue weighted by Gasteiger charge is 2.11. The van der Waals surface area contributed by atoms with Crippen molar-refractivity contribution in [3.05, 3.63) is 12.7 Å². The number of rotatable bonds is 3. The third kappa shape index (κ3) is 8.60. The average molecular weight is 307 g/mol. The quantitative estimate of drug-likeness (QED) is 0.478. The molecule has 0 atom stereocenters. The molecule has 5 nitrogen and oxygen atoms in total. The van der Waals surface area contributed by atoms with Gasteiger partial charge in [-0.05, 0) is 25.7 Å². The molecule has 5 heteroatoms. The van der Waals surface area contributed by atoms with Gasteiger partial charge in [0.2, 0.25) is 0 Å². The fourth-order valence-corrected chi connectivity index (χ4v) is 2.56. The molecular formula is C17H29N3O2. The average Bonchev–Trinajstić information content (AvgIpc) is 2.51. The van der Waals surface area contributed by atoms with Crippen molar-refractivity contribution in [2.45, 2.75) is 70.6 Å². The van der Waals surface area contributed by atoms with Gasteiger partial charge < -0.3 is 5.32 Å². The molecule has 2 amide bonds. The van der Waals surface area contributed by atoms with Crippen LogP contribution < -0.4 is 10.7 Å². The van der Waals surface area contributed by atoms with Crippen LogP contribution in [0.5, 0.6) is 0 Å². The fraction of sp³-hybridized carbons (Fsp3) is 0.706. The molecule has 1 fully saturated rings. The highest BCUT2D eigenvalue weighted by molar-refractivity contribution is 6.35. The van der Waals surface area contributed by atoms with Crippen molar-refractivity contribution >= 4 is 17.5 Å². The van der Waals surface area contributed by atoms with Gasteiger partial charge in [0.15, 0.2) is 0 Å². The molecule has 0 aromatic rings. The Morgan fingerprint density at radius 2 is 1.41 bits per heavy atom. The summed E-state index contributed by atoms with van der Waals surface area (Å²) >= 11 is 0. The van der Waals surface area contributed by atoms with Gasteiger partial charge in [-0.2, -0.15) is 5.10 Å². The summed E-state index contributed by atoms with van der Waals surface area (Å²) < 4.78 is 0. The second kappa shape index (κ2) is 12.0. The minimum absolute atomic E-state index is 0.281. The topological polar surface area (TPSA) is 70.6 Å². The lowest BCUT2D eigenvalue weighted by Gasteiger charge is -2.09. The Morgan fingerprint density at radius 3 is 1.91 bits per heavy atom.